The van der Waals surface area contributed by atoms with Gasteiger partial charge in [-0.2, -0.15) is 4.31 Å². The molecule has 1 aromatic rings. The average molecular weight is 364 g/mol. The molecule has 0 radical (unpaired) electrons. The number of amides is 1. The molecule has 0 aromatic heterocycles. The SMILES string of the molecule is C=CCN(CC=C)C(=O)c1ccc(C)c(S(=O)(=O)N2CCOCC2)c1. The summed E-state index contributed by atoms with van der Waals surface area (Å²) < 4.78 is 32.5. The first-order valence-corrected chi connectivity index (χ1v) is 9.55. The number of ether oxygens (including phenoxy) is 1. The van der Waals surface area contributed by atoms with Gasteiger partial charge in [0.25, 0.3) is 5.91 Å². The lowest BCUT2D eigenvalue weighted by atomic mass is 10.1. The molecule has 1 aliphatic heterocycles. The fourth-order valence-electron chi connectivity index (χ4n) is 2.67. The van der Waals surface area contributed by atoms with Crippen molar-refractivity contribution in [2.24, 2.45) is 0 Å². The van der Waals surface area contributed by atoms with E-state index in [-0.39, 0.29) is 10.8 Å². The van der Waals surface area contributed by atoms with Crippen molar-refractivity contribution in [3.8, 4) is 0 Å². The van der Waals surface area contributed by atoms with Crippen LogP contribution in [-0.4, -0.2) is 62.9 Å². The van der Waals surface area contributed by atoms with Crippen molar-refractivity contribution in [2.75, 3.05) is 39.4 Å². The first-order chi connectivity index (χ1) is 11.9. The van der Waals surface area contributed by atoms with Gasteiger partial charge in [0.15, 0.2) is 0 Å². The molecule has 25 heavy (non-hydrogen) atoms. The smallest absolute Gasteiger partial charge is 0.254 e. The lowest BCUT2D eigenvalue weighted by Gasteiger charge is -2.27. The second kappa shape index (κ2) is 8.42. The van der Waals surface area contributed by atoms with Crippen LogP contribution in [0.2, 0.25) is 0 Å². The summed E-state index contributed by atoms with van der Waals surface area (Å²) >= 11 is 0. The van der Waals surface area contributed by atoms with Crippen molar-refractivity contribution >= 4 is 15.9 Å². The lowest BCUT2D eigenvalue weighted by molar-refractivity contribution is 0.0730. The minimum Gasteiger partial charge on any atom is -0.379 e. The standard InChI is InChI=1S/C18H24N2O4S/c1-4-8-19(9-5-2)18(21)16-7-6-15(3)17(14-16)25(22,23)20-10-12-24-13-11-20/h4-7,14H,1-2,8-13H2,3H3. The van der Waals surface area contributed by atoms with Crippen molar-refractivity contribution in [3.05, 3.63) is 54.6 Å². The third-order valence-corrected chi connectivity index (χ3v) is 6.05. The predicted molar refractivity (Wildman–Crippen MR) is 97.1 cm³/mol. The zero-order valence-corrected chi connectivity index (χ0v) is 15.3. The number of sulfonamides is 1. The van der Waals surface area contributed by atoms with Crippen LogP contribution in [0.15, 0.2) is 48.4 Å². The van der Waals surface area contributed by atoms with Crippen molar-refractivity contribution in [1.82, 2.24) is 9.21 Å². The quantitative estimate of drug-likeness (QED) is 0.693. The molecule has 1 fully saturated rings. The van der Waals surface area contributed by atoms with Crippen LogP contribution < -0.4 is 0 Å². The predicted octanol–water partition coefficient (Wildman–Crippen LogP) is 1.83. The number of aryl methyl sites for hydroxylation is 1. The highest BCUT2D eigenvalue weighted by atomic mass is 32.2. The van der Waals surface area contributed by atoms with Gasteiger partial charge in [-0.05, 0) is 24.6 Å². The summed E-state index contributed by atoms with van der Waals surface area (Å²) in [5.74, 6) is -0.252. The number of nitrogens with zero attached hydrogens (tertiary/aromatic N) is 2. The molecule has 0 atom stereocenters. The van der Waals surface area contributed by atoms with Crippen LogP contribution in [-0.2, 0) is 14.8 Å². The molecule has 1 heterocycles. The van der Waals surface area contributed by atoms with Crippen LogP contribution in [0.25, 0.3) is 0 Å². The summed E-state index contributed by atoms with van der Waals surface area (Å²) in [5, 5.41) is 0. The van der Waals surface area contributed by atoms with Crippen molar-refractivity contribution in [3.63, 3.8) is 0 Å². The van der Waals surface area contributed by atoms with Gasteiger partial charge in [-0.1, -0.05) is 18.2 Å². The fraction of sp³-hybridized carbons (Fsp3) is 0.389. The number of carbonyl (C=O) groups excluding carboxylic acids is 1. The molecule has 1 aromatic carbocycles. The van der Waals surface area contributed by atoms with Gasteiger partial charge in [-0.25, -0.2) is 8.42 Å². The summed E-state index contributed by atoms with van der Waals surface area (Å²) in [6.45, 7) is 11.1. The summed E-state index contributed by atoms with van der Waals surface area (Å²) in [4.78, 5) is 14.4. The molecule has 136 valence electrons. The molecular weight excluding hydrogens is 340 g/mol. The summed E-state index contributed by atoms with van der Waals surface area (Å²) in [6, 6.07) is 4.78. The first-order valence-electron chi connectivity index (χ1n) is 8.11. The zero-order valence-electron chi connectivity index (χ0n) is 14.5. The summed E-state index contributed by atoms with van der Waals surface area (Å²) in [5.41, 5.74) is 0.947. The average Bonchev–Trinajstić information content (AvgIpc) is 2.62. The Morgan fingerprint density at radius 1 is 1.24 bits per heavy atom. The Bertz CT molecular complexity index is 742. The topological polar surface area (TPSA) is 66.9 Å². The largest absolute Gasteiger partial charge is 0.379 e. The van der Waals surface area contributed by atoms with Gasteiger partial charge < -0.3 is 9.64 Å². The molecule has 7 heteroatoms. The third-order valence-electron chi connectivity index (χ3n) is 4.01. The molecule has 1 saturated heterocycles. The number of hydrogen-bond acceptors (Lipinski definition) is 4. The fourth-order valence-corrected chi connectivity index (χ4v) is 4.33. The number of morpholine rings is 1. The van der Waals surface area contributed by atoms with E-state index >= 15 is 0 Å². The minimum absolute atomic E-state index is 0.164. The van der Waals surface area contributed by atoms with E-state index < -0.39 is 10.0 Å². The Balaban J connectivity index is 2.37. The van der Waals surface area contributed by atoms with E-state index in [0.29, 0.717) is 50.5 Å². The van der Waals surface area contributed by atoms with Crippen molar-refractivity contribution < 1.29 is 17.9 Å². The molecule has 0 N–H and O–H groups in total. The lowest BCUT2D eigenvalue weighted by Crippen LogP contribution is -2.41. The summed E-state index contributed by atoms with van der Waals surface area (Å²) in [6.07, 6.45) is 3.25. The highest BCUT2D eigenvalue weighted by Gasteiger charge is 2.28. The van der Waals surface area contributed by atoms with Gasteiger partial charge in [-0.15, -0.1) is 13.2 Å². The zero-order chi connectivity index (χ0) is 18.4. The molecule has 1 amide bonds. The Morgan fingerprint density at radius 3 is 2.40 bits per heavy atom. The van der Waals surface area contributed by atoms with Gasteiger partial charge in [0.05, 0.1) is 18.1 Å². The number of hydrogen-bond donors (Lipinski definition) is 0. The van der Waals surface area contributed by atoms with Gasteiger partial charge in [-0.3, -0.25) is 4.79 Å². The highest BCUT2D eigenvalue weighted by Crippen LogP contribution is 2.23. The monoisotopic (exact) mass is 364 g/mol. The van der Waals surface area contributed by atoms with Gasteiger partial charge >= 0.3 is 0 Å². The molecular formula is C18H24N2O4S. The van der Waals surface area contributed by atoms with E-state index in [4.69, 9.17) is 4.74 Å². The molecule has 6 nitrogen and oxygen atoms in total. The van der Waals surface area contributed by atoms with Gasteiger partial charge in [0, 0.05) is 31.7 Å². The summed E-state index contributed by atoms with van der Waals surface area (Å²) in [7, 11) is -3.66. The maximum Gasteiger partial charge on any atom is 0.254 e. The van der Waals surface area contributed by atoms with Crippen LogP contribution in [0, 0.1) is 6.92 Å². The maximum atomic E-state index is 12.9. The van der Waals surface area contributed by atoms with E-state index in [1.54, 1.807) is 36.1 Å². The molecule has 0 bridgehead atoms. The van der Waals surface area contributed by atoms with Crippen LogP contribution in [0.4, 0.5) is 0 Å². The Labute approximate surface area is 149 Å². The number of benzene rings is 1. The second-order valence-corrected chi connectivity index (χ2v) is 7.69. The normalized spacial score (nSPS) is 15.6. The number of rotatable bonds is 7. The molecule has 0 aliphatic carbocycles. The van der Waals surface area contributed by atoms with Crippen molar-refractivity contribution in [2.45, 2.75) is 11.8 Å². The van der Waals surface area contributed by atoms with E-state index in [1.807, 2.05) is 0 Å². The highest BCUT2D eigenvalue weighted by molar-refractivity contribution is 7.89. The van der Waals surface area contributed by atoms with Crippen LogP contribution >= 0.6 is 0 Å². The van der Waals surface area contributed by atoms with Gasteiger partial charge in [0.1, 0.15) is 0 Å². The van der Waals surface area contributed by atoms with Gasteiger partial charge in [0.2, 0.25) is 10.0 Å². The Hall–Kier alpha value is -1.96. The third kappa shape index (κ3) is 4.36. The van der Waals surface area contributed by atoms with E-state index in [1.165, 1.54) is 10.4 Å². The molecule has 0 unspecified atom stereocenters. The Kier molecular flexibility index (Phi) is 6.52. The molecule has 2 rings (SSSR count). The van der Waals surface area contributed by atoms with E-state index in [9.17, 15) is 13.2 Å². The molecule has 0 saturated carbocycles. The van der Waals surface area contributed by atoms with E-state index in [2.05, 4.69) is 13.2 Å². The van der Waals surface area contributed by atoms with E-state index in [0.717, 1.165) is 0 Å². The number of carbonyl (C=O) groups is 1. The first kappa shape index (κ1) is 19.4. The Morgan fingerprint density at radius 2 is 1.84 bits per heavy atom. The second-order valence-electron chi connectivity index (χ2n) is 5.78. The molecule has 0 spiro atoms. The van der Waals surface area contributed by atoms with Crippen LogP contribution in [0.3, 0.4) is 0 Å². The van der Waals surface area contributed by atoms with Crippen molar-refractivity contribution in [1.29, 1.82) is 0 Å². The molecule has 1 aliphatic rings. The minimum atomic E-state index is -3.66. The van der Waals surface area contributed by atoms with Crippen LogP contribution in [0.5, 0.6) is 0 Å². The van der Waals surface area contributed by atoms with Crippen LogP contribution in [0.1, 0.15) is 15.9 Å². The maximum absolute atomic E-state index is 12.9.